The van der Waals surface area contributed by atoms with E-state index in [-0.39, 0.29) is 11.8 Å². The van der Waals surface area contributed by atoms with Gasteiger partial charge >= 0.3 is 0 Å². The minimum absolute atomic E-state index is 0.0881. The maximum absolute atomic E-state index is 12.8. The van der Waals surface area contributed by atoms with Gasteiger partial charge < -0.3 is 5.32 Å². The number of piperidine rings is 1. The van der Waals surface area contributed by atoms with Crippen LogP contribution in [-0.4, -0.2) is 23.9 Å². The molecule has 4 rings (SSSR count). The summed E-state index contributed by atoms with van der Waals surface area (Å²) in [6.07, 6.45) is 1.82. The predicted octanol–water partition coefficient (Wildman–Crippen LogP) is 5.45. The topological polar surface area (TPSA) is 32.3 Å². The van der Waals surface area contributed by atoms with E-state index in [2.05, 4.69) is 68.6 Å². The van der Waals surface area contributed by atoms with Gasteiger partial charge in [-0.25, -0.2) is 0 Å². The number of hydrogen-bond acceptors (Lipinski definition) is 2. The molecule has 0 aliphatic carbocycles. The Morgan fingerprint density at radius 3 is 2.44 bits per heavy atom. The van der Waals surface area contributed by atoms with Crippen molar-refractivity contribution in [2.24, 2.45) is 5.92 Å². The summed E-state index contributed by atoms with van der Waals surface area (Å²) in [6.45, 7) is 2.87. The van der Waals surface area contributed by atoms with Gasteiger partial charge in [-0.1, -0.05) is 64.5 Å². The van der Waals surface area contributed by atoms with Gasteiger partial charge in [-0.05, 0) is 55.1 Å². The van der Waals surface area contributed by atoms with Gasteiger partial charge in [0.2, 0.25) is 5.91 Å². The molecule has 4 heteroatoms. The molecule has 3 aromatic rings. The quantitative estimate of drug-likeness (QED) is 0.605. The molecule has 1 heterocycles. The van der Waals surface area contributed by atoms with E-state index in [9.17, 15) is 4.79 Å². The van der Waals surface area contributed by atoms with Crippen LogP contribution in [0.3, 0.4) is 0 Å². The van der Waals surface area contributed by atoms with Crippen molar-refractivity contribution in [3.63, 3.8) is 0 Å². The van der Waals surface area contributed by atoms with Crippen molar-refractivity contribution in [3.8, 4) is 0 Å². The Bertz CT molecular complexity index is 925. The molecule has 3 aromatic carbocycles. The number of hydrogen-bond donors (Lipinski definition) is 1. The average Bonchev–Trinajstić information content (AvgIpc) is 2.70. The first-order chi connectivity index (χ1) is 13.2. The lowest BCUT2D eigenvalue weighted by Crippen LogP contribution is -2.37. The van der Waals surface area contributed by atoms with Crippen LogP contribution in [0.1, 0.15) is 18.4 Å². The molecule has 138 valence electrons. The zero-order valence-electron chi connectivity index (χ0n) is 15.2. The molecule has 1 fully saturated rings. The summed E-state index contributed by atoms with van der Waals surface area (Å²) < 4.78 is 1.11. The molecule has 1 amide bonds. The summed E-state index contributed by atoms with van der Waals surface area (Å²) in [6, 6.07) is 22.7. The van der Waals surface area contributed by atoms with Gasteiger partial charge in [0.05, 0.1) is 0 Å². The highest BCUT2D eigenvalue weighted by Crippen LogP contribution is 2.26. The molecule has 0 saturated carbocycles. The van der Waals surface area contributed by atoms with Crippen LogP contribution in [0.25, 0.3) is 10.8 Å². The molecular weight excluding hydrogens is 400 g/mol. The van der Waals surface area contributed by atoms with Crippen LogP contribution in [0.15, 0.2) is 71.2 Å². The van der Waals surface area contributed by atoms with Gasteiger partial charge in [0.15, 0.2) is 0 Å². The fraction of sp³-hybridized carbons (Fsp3) is 0.261. The maximum Gasteiger partial charge on any atom is 0.227 e. The molecule has 0 unspecified atom stereocenters. The second kappa shape index (κ2) is 8.24. The van der Waals surface area contributed by atoms with Crippen molar-refractivity contribution in [2.45, 2.75) is 19.4 Å². The van der Waals surface area contributed by atoms with Crippen LogP contribution in [0, 0.1) is 5.92 Å². The highest BCUT2D eigenvalue weighted by molar-refractivity contribution is 9.10. The normalized spacial score (nSPS) is 15.7. The predicted molar refractivity (Wildman–Crippen MR) is 115 cm³/mol. The molecule has 3 nitrogen and oxygen atoms in total. The highest BCUT2D eigenvalue weighted by atomic mass is 79.9. The van der Waals surface area contributed by atoms with E-state index >= 15 is 0 Å². The summed E-state index contributed by atoms with van der Waals surface area (Å²) >= 11 is 3.48. The second-order valence-corrected chi connectivity index (χ2v) is 8.11. The minimum Gasteiger partial charge on any atom is -0.325 e. The van der Waals surface area contributed by atoms with Crippen LogP contribution in [-0.2, 0) is 11.3 Å². The Labute approximate surface area is 168 Å². The third-order valence-electron chi connectivity index (χ3n) is 5.33. The van der Waals surface area contributed by atoms with E-state index in [1.54, 1.807) is 0 Å². The summed E-state index contributed by atoms with van der Waals surface area (Å²) in [5.41, 5.74) is 2.23. The summed E-state index contributed by atoms with van der Waals surface area (Å²) in [4.78, 5) is 15.2. The van der Waals surface area contributed by atoms with Crippen molar-refractivity contribution in [1.82, 2.24) is 4.90 Å². The van der Waals surface area contributed by atoms with Crippen LogP contribution in [0.5, 0.6) is 0 Å². The Kier molecular flexibility index (Phi) is 5.55. The van der Waals surface area contributed by atoms with Crippen molar-refractivity contribution in [1.29, 1.82) is 0 Å². The molecule has 1 saturated heterocycles. The molecule has 0 aromatic heterocycles. The van der Waals surface area contributed by atoms with Crippen LogP contribution < -0.4 is 5.32 Å². The number of carbonyl (C=O) groups is 1. The zero-order valence-corrected chi connectivity index (χ0v) is 16.8. The molecular formula is C23H23BrN2O. The Balaban J connectivity index is 1.35. The van der Waals surface area contributed by atoms with Crippen molar-refractivity contribution in [3.05, 3.63) is 76.8 Å². The zero-order chi connectivity index (χ0) is 18.6. The van der Waals surface area contributed by atoms with Crippen molar-refractivity contribution in [2.75, 3.05) is 18.4 Å². The molecule has 1 N–H and O–H groups in total. The number of fused-ring (bicyclic) bond motifs is 1. The van der Waals surface area contributed by atoms with E-state index in [4.69, 9.17) is 0 Å². The van der Waals surface area contributed by atoms with Gasteiger partial charge in [-0.15, -0.1) is 0 Å². The highest BCUT2D eigenvalue weighted by Gasteiger charge is 2.25. The Hall–Kier alpha value is -2.17. The molecule has 0 atom stereocenters. The first-order valence-electron chi connectivity index (χ1n) is 9.44. The average molecular weight is 423 g/mol. The number of nitrogens with zero attached hydrogens (tertiary/aromatic N) is 1. The monoisotopic (exact) mass is 422 g/mol. The minimum atomic E-state index is 0.0881. The van der Waals surface area contributed by atoms with Crippen LogP contribution >= 0.6 is 15.9 Å². The largest absolute Gasteiger partial charge is 0.325 e. The van der Waals surface area contributed by atoms with Crippen LogP contribution in [0.2, 0.25) is 0 Å². The lowest BCUT2D eigenvalue weighted by Gasteiger charge is -2.31. The SMILES string of the molecule is O=C(Nc1cccc2ccccc12)C1CCN(Cc2ccc(Br)cc2)CC1. The van der Waals surface area contributed by atoms with Gasteiger partial charge in [-0.3, -0.25) is 9.69 Å². The number of anilines is 1. The molecule has 27 heavy (non-hydrogen) atoms. The Morgan fingerprint density at radius 2 is 1.67 bits per heavy atom. The van der Waals surface area contributed by atoms with E-state index in [1.165, 1.54) is 5.56 Å². The van der Waals surface area contributed by atoms with E-state index < -0.39 is 0 Å². The third kappa shape index (κ3) is 4.40. The third-order valence-corrected chi connectivity index (χ3v) is 5.85. The maximum atomic E-state index is 12.8. The number of rotatable bonds is 4. The van der Waals surface area contributed by atoms with Crippen LogP contribution in [0.4, 0.5) is 5.69 Å². The van der Waals surface area contributed by atoms with Gasteiger partial charge in [0.1, 0.15) is 0 Å². The van der Waals surface area contributed by atoms with E-state index in [0.29, 0.717) is 0 Å². The standard InChI is InChI=1S/C23H23BrN2O/c24-20-10-8-17(9-11-20)16-26-14-12-19(13-15-26)23(27)25-22-7-3-5-18-4-1-2-6-21(18)22/h1-11,19H,12-16H2,(H,25,27). The van der Waals surface area contributed by atoms with E-state index in [0.717, 1.165) is 53.4 Å². The van der Waals surface area contributed by atoms with Crippen molar-refractivity contribution >= 4 is 38.3 Å². The molecule has 0 spiro atoms. The number of carbonyl (C=O) groups excluding carboxylic acids is 1. The lowest BCUT2D eigenvalue weighted by atomic mass is 9.95. The number of amides is 1. The van der Waals surface area contributed by atoms with Gasteiger partial charge in [0, 0.05) is 28.0 Å². The van der Waals surface area contributed by atoms with Gasteiger partial charge in [0.25, 0.3) is 0 Å². The molecule has 1 aliphatic rings. The molecule has 0 bridgehead atoms. The summed E-state index contributed by atoms with van der Waals surface area (Å²) in [7, 11) is 0. The first kappa shape index (κ1) is 18.2. The summed E-state index contributed by atoms with van der Waals surface area (Å²) in [5, 5.41) is 5.41. The molecule has 0 radical (unpaired) electrons. The number of halogens is 1. The van der Waals surface area contributed by atoms with E-state index in [1.807, 2.05) is 24.3 Å². The van der Waals surface area contributed by atoms with Gasteiger partial charge in [-0.2, -0.15) is 0 Å². The number of benzene rings is 3. The fourth-order valence-electron chi connectivity index (χ4n) is 3.77. The number of nitrogens with one attached hydrogen (secondary N) is 1. The lowest BCUT2D eigenvalue weighted by molar-refractivity contribution is -0.121. The first-order valence-corrected chi connectivity index (χ1v) is 10.2. The van der Waals surface area contributed by atoms with Crippen molar-refractivity contribution < 1.29 is 4.79 Å². The Morgan fingerprint density at radius 1 is 0.963 bits per heavy atom. The fourth-order valence-corrected chi connectivity index (χ4v) is 4.03. The second-order valence-electron chi connectivity index (χ2n) is 7.19. The smallest absolute Gasteiger partial charge is 0.227 e. The number of likely N-dealkylation sites (tertiary alicyclic amines) is 1. The molecule has 1 aliphatic heterocycles. The summed E-state index contributed by atoms with van der Waals surface area (Å²) in [5.74, 6) is 0.236.